The van der Waals surface area contributed by atoms with Crippen molar-refractivity contribution in [3.8, 4) is 17.4 Å². The fourth-order valence-electron chi connectivity index (χ4n) is 2.77. The van der Waals surface area contributed by atoms with Gasteiger partial charge in [0.2, 0.25) is 0 Å². The van der Waals surface area contributed by atoms with E-state index in [1.165, 1.54) is 16.7 Å². The first-order chi connectivity index (χ1) is 11.7. The minimum atomic E-state index is -0.0152. The molecule has 2 aromatic carbocycles. The minimum Gasteiger partial charge on any atom is -0.494 e. The molecule has 3 N–H and O–H groups in total. The Morgan fingerprint density at radius 1 is 0.833 bits per heavy atom. The number of hydrogen-bond acceptors (Lipinski definition) is 3. The van der Waals surface area contributed by atoms with E-state index in [0.717, 1.165) is 22.2 Å². The largest absolute Gasteiger partial charge is 0.494 e. The van der Waals surface area contributed by atoms with Gasteiger partial charge in [-0.05, 0) is 23.8 Å². The number of nitrogens with zero attached hydrogens (tertiary/aromatic N) is 2. The second kappa shape index (κ2) is 5.62. The number of aromatic nitrogens is 3. The summed E-state index contributed by atoms with van der Waals surface area (Å²) >= 11 is 0. The van der Waals surface area contributed by atoms with E-state index in [-0.39, 0.29) is 11.8 Å². The fourth-order valence-corrected chi connectivity index (χ4v) is 2.77. The van der Waals surface area contributed by atoms with Gasteiger partial charge in [-0.1, -0.05) is 42.5 Å². The smallest absolute Gasteiger partial charge is 0.198 e. The molecule has 24 heavy (non-hydrogen) atoms. The monoisotopic (exact) mass is 317 g/mol. The topological polar surface area (TPSA) is 74.1 Å². The molecule has 5 nitrogen and oxygen atoms in total. The number of nitrogens with one attached hydrogen (secondary N) is 1. The summed E-state index contributed by atoms with van der Waals surface area (Å²) in [4.78, 5) is 0. The predicted molar refractivity (Wildman–Crippen MR) is 94.1 cm³/mol. The van der Waals surface area contributed by atoms with E-state index in [0.29, 0.717) is 5.69 Å². The highest BCUT2D eigenvalue weighted by molar-refractivity contribution is 5.89. The van der Waals surface area contributed by atoms with Crippen LogP contribution >= 0.6 is 0 Å². The molecule has 118 valence electrons. The first kappa shape index (κ1) is 14.1. The van der Waals surface area contributed by atoms with E-state index >= 15 is 0 Å². The SMILES string of the molecule is Oc1ccc(O)n1-c1ccccc1C=Cc1n[nH]c2ccccc12. The van der Waals surface area contributed by atoms with Crippen molar-refractivity contribution in [2.24, 2.45) is 0 Å². The maximum absolute atomic E-state index is 9.96. The standard InChI is InChI=1S/C19H15N3O2/c23-18-11-12-19(24)22(18)17-8-4-1-5-13(17)9-10-16-14-6-2-3-7-15(14)20-21-16/h1-12,23-24H,(H,20,21). The fraction of sp³-hybridized carbons (Fsp3) is 0. The number of rotatable bonds is 3. The van der Waals surface area contributed by atoms with Gasteiger partial charge >= 0.3 is 0 Å². The Labute approximate surface area is 138 Å². The lowest BCUT2D eigenvalue weighted by molar-refractivity contribution is 0.402. The second-order valence-corrected chi connectivity index (χ2v) is 5.43. The van der Waals surface area contributed by atoms with Crippen molar-refractivity contribution in [1.82, 2.24) is 14.8 Å². The Hall–Kier alpha value is -3.47. The predicted octanol–water partition coefficient (Wildman–Crippen LogP) is 3.94. The summed E-state index contributed by atoms with van der Waals surface area (Å²) < 4.78 is 1.39. The third kappa shape index (κ3) is 2.32. The summed E-state index contributed by atoms with van der Waals surface area (Å²) in [6.45, 7) is 0. The van der Waals surface area contributed by atoms with Gasteiger partial charge in [0.25, 0.3) is 0 Å². The number of hydrogen-bond donors (Lipinski definition) is 3. The van der Waals surface area contributed by atoms with Crippen molar-refractivity contribution in [3.63, 3.8) is 0 Å². The van der Waals surface area contributed by atoms with E-state index in [4.69, 9.17) is 0 Å². The van der Waals surface area contributed by atoms with Gasteiger partial charge < -0.3 is 10.2 Å². The molecule has 2 aromatic heterocycles. The van der Waals surface area contributed by atoms with Crippen LogP contribution in [0, 0.1) is 0 Å². The molecule has 0 aliphatic heterocycles. The van der Waals surface area contributed by atoms with Gasteiger partial charge in [-0.15, -0.1) is 0 Å². The lowest BCUT2D eigenvalue weighted by Crippen LogP contribution is -1.95. The lowest BCUT2D eigenvalue weighted by Gasteiger charge is -2.10. The van der Waals surface area contributed by atoms with Gasteiger partial charge in [0.15, 0.2) is 11.8 Å². The Bertz CT molecular complexity index is 1020. The van der Waals surface area contributed by atoms with Crippen LogP contribution in [-0.2, 0) is 0 Å². The van der Waals surface area contributed by atoms with Crippen LogP contribution in [0.15, 0.2) is 60.7 Å². The number of aromatic amines is 1. The summed E-state index contributed by atoms with van der Waals surface area (Å²) in [5, 5.41) is 28.3. The number of para-hydroxylation sites is 2. The lowest BCUT2D eigenvalue weighted by atomic mass is 10.1. The molecule has 0 saturated carbocycles. The number of aromatic hydroxyl groups is 2. The van der Waals surface area contributed by atoms with Gasteiger partial charge in [-0.2, -0.15) is 5.10 Å². The molecule has 0 aliphatic carbocycles. The van der Waals surface area contributed by atoms with Crippen LogP contribution in [0.2, 0.25) is 0 Å². The molecule has 0 atom stereocenters. The van der Waals surface area contributed by atoms with E-state index in [1.54, 1.807) is 0 Å². The third-order valence-electron chi connectivity index (χ3n) is 3.94. The average molecular weight is 317 g/mol. The molecule has 0 saturated heterocycles. The highest BCUT2D eigenvalue weighted by Gasteiger charge is 2.10. The molecule has 0 radical (unpaired) electrons. The Kier molecular flexibility index (Phi) is 3.31. The normalized spacial score (nSPS) is 11.5. The Balaban J connectivity index is 1.78. The highest BCUT2D eigenvalue weighted by atomic mass is 16.3. The molecular formula is C19H15N3O2. The summed E-state index contributed by atoms with van der Waals surface area (Å²) in [6, 6.07) is 18.3. The zero-order chi connectivity index (χ0) is 16.5. The van der Waals surface area contributed by atoms with E-state index in [1.807, 2.05) is 60.7 Å². The first-order valence-corrected chi connectivity index (χ1v) is 7.54. The first-order valence-electron chi connectivity index (χ1n) is 7.54. The minimum absolute atomic E-state index is 0.0152. The molecule has 0 amide bonds. The van der Waals surface area contributed by atoms with Crippen molar-refractivity contribution in [2.75, 3.05) is 0 Å². The summed E-state index contributed by atoms with van der Waals surface area (Å²) in [6.07, 6.45) is 3.83. The molecule has 2 heterocycles. The third-order valence-corrected chi connectivity index (χ3v) is 3.94. The molecule has 0 bridgehead atoms. The average Bonchev–Trinajstić information content (AvgIpc) is 3.17. The highest BCUT2D eigenvalue weighted by Crippen LogP contribution is 2.29. The van der Waals surface area contributed by atoms with Crippen LogP contribution in [0.5, 0.6) is 11.8 Å². The van der Waals surface area contributed by atoms with Crippen LogP contribution in [0.1, 0.15) is 11.3 Å². The van der Waals surface area contributed by atoms with Crippen LogP contribution in [-0.4, -0.2) is 25.0 Å². The van der Waals surface area contributed by atoms with Crippen molar-refractivity contribution in [2.45, 2.75) is 0 Å². The molecule has 0 spiro atoms. The van der Waals surface area contributed by atoms with E-state index in [2.05, 4.69) is 10.2 Å². The van der Waals surface area contributed by atoms with Gasteiger partial charge in [-0.25, -0.2) is 0 Å². The zero-order valence-corrected chi connectivity index (χ0v) is 12.7. The van der Waals surface area contributed by atoms with Crippen molar-refractivity contribution < 1.29 is 10.2 Å². The zero-order valence-electron chi connectivity index (χ0n) is 12.7. The van der Waals surface area contributed by atoms with Gasteiger partial charge in [0, 0.05) is 17.5 Å². The van der Waals surface area contributed by atoms with Crippen LogP contribution in [0.25, 0.3) is 28.7 Å². The second-order valence-electron chi connectivity index (χ2n) is 5.43. The summed E-state index contributed by atoms with van der Waals surface area (Å²) in [5.74, 6) is -0.0304. The molecule has 0 unspecified atom stereocenters. The number of H-pyrrole nitrogens is 1. The van der Waals surface area contributed by atoms with E-state index < -0.39 is 0 Å². The van der Waals surface area contributed by atoms with Crippen LogP contribution in [0.3, 0.4) is 0 Å². The summed E-state index contributed by atoms with van der Waals surface area (Å²) in [5.41, 5.74) is 3.35. The van der Waals surface area contributed by atoms with Gasteiger partial charge in [-0.3, -0.25) is 9.67 Å². The Morgan fingerprint density at radius 2 is 1.54 bits per heavy atom. The molecular weight excluding hydrogens is 302 g/mol. The molecule has 4 rings (SSSR count). The van der Waals surface area contributed by atoms with Crippen LogP contribution in [0.4, 0.5) is 0 Å². The number of benzene rings is 2. The Morgan fingerprint density at radius 3 is 2.38 bits per heavy atom. The van der Waals surface area contributed by atoms with Crippen molar-refractivity contribution in [3.05, 3.63) is 71.9 Å². The molecule has 4 aromatic rings. The van der Waals surface area contributed by atoms with Crippen molar-refractivity contribution >= 4 is 23.1 Å². The maximum Gasteiger partial charge on any atom is 0.198 e. The van der Waals surface area contributed by atoms with Gasteiger partial charge in [0.1, 0.15) is 0 Å². The quantitative estimate of drug-likeness (QED) is 0.536. The van der Waals surface area contributed by atoms with Gasteiger partial charge in [0.05, 0.1) is 16.9 Å². The number of fused-ring (bicyclic) bond motifs is 1. The molecule has 5 heteroatoms. The van der Waals surface area contributed by atoms with Crippen LogP contribution < -0.4 is 0 Å². The molecule has 0 aliphatic rings. The summed E-state index contributed by atoms with van der Waals surface area (Å²) in [7, 11) is 0. The van der Waals surface area contributed by atoms with Crippen molar-refractivity contribution in [1.29, 1.82) is 0 Å². The maximum atomic E-state index is 9.96. The van der Waals surface area contributed by atoms with E-state index in [9.17, 15) is 10.2 Å². The molecule has 0 fully saturated rings.